The normalized spacial score (nSPS) is 12.2. The second-order valence-corrected chi connectivity index (χ2v) is 8.31. The van der Waals surface area contributed by atoms with E-state index in [1.165, 1.54) is 20.3 Å². The maximum Gasteiger partial charge on any atom is 0.248 e. The topological polar surface area (TPSA) is 84.9 Å². The summed E-state index contributed by atoms with van der Waals surface area (Å²) in [7, 11) is -0.755. The Morgan fingerprint density at radius 2 is 1.89 bits per heavy atom. The van der Waals surface area contributed by atoms with Crippen molar-refractivity contribution < 1.29 is 22.7 Å². The van der Waals surface area contributed by atoms with Crippen molar-refractivity contribution in [3.05, 3.63) is 47.5 Å². The van der Waals surface area contributed by atoms with Gasteiger partial charge in [-0.25, -0.2) is 8.42 Å². The molecule has 1 atom stereocenters. The van der Waals surface area contributed by atoms with Crippen LogP contribution >= 0.6 is 11.6 Å². The minimum absolute atomic E-state index is 0.254. The van der Waals surface area contributed by atoms with E-state index in [9.17, 15) is 13.2 Å². The Balaban J connectivity index is 2.40. The molecule has 1 unspecified atom stereocenters. The highest BCUT2D eigenvalue weighted by molar-refractivity contribution is 7.92. The quantitative estimate of drug-likeness (QED) is 0.697. The lowest BCUT2D eigenvalue weighted by Gasteiger charge is -2.30. The number of carbonyl (C=O) groups is 1. The molecule has 0 aromatic heterocycles. The van der Waals surface area contributed by atoms with E-state index in [2.05, 4.69) is 5.32 Å². The average molecular weight is 427 g/mol. The van der Waals surface area contributed by atoms with Crippen molar-refractivity contribution in [2.45, 2.75) is 19.4 Å². The Morgan fingerprint density at radius 1 is 1.18 bits per heavy atom. The van der Waals surface area contributed by atoms with Crippen LogP contribution in [0.15, 0.2) is 42.5 Å². The number of benzene rings is 2. The first-order valence-corrected chi connectivity index (χ1v) is 10.7. The Kier molecular flexibility index (Phi) is 7.15. The summed E-state index contributed by atoms with van der Waals surface area (Å²) in [5.74, 6) is 0.478. The van der Waals surface area contributed by atoms with Crippen LogP contribution in [0.5, 0.6) is 11.5 Å². The number of amides is 1. The Hall–Kier alpha value is -2.45. The molecule has 0 aliphatic carbocycles. The largest absolute Gasteiger partial charge is 0.497 e. The zero-order chi connectivity index (χ0) is 20.9. The third-order valence-corrected chi connectivity index (χ3v) is 5.47. The molecule has 7 nitrogen and oxygen atoms in total. The van der Waals surface area contributed by atoms with Gasteiger partial charge in [0.05, 0.1) is 31.9 Å². The standard InChI is InChI=1S/C19H23ClN2O5S/c1-5-17(22(28(4,24)25)14-8-6-7-13(20)11-14)19(23)21-16-10-9-15(26-2)12-18(16)27-3/h6-12,17H,5H2,1-4H3,(H,21,23). The van der Waals surface area contributed by atoms with Gasteiger partial charge in [-0.1, -0.05) is 24.6 Å². The van der Waals surface area contributed by atoms with Gasteiger partial charge in [0.25, 0.3) is 0 Å². The second kappa shape index (κ2) is 9.16. The van der Waals surface area contributed by atoms with E-state index in [4.69, 9.17) is 21.1 Å². The number of nitrogens with one attached hydrogen (secondary N) is 1. The minimum Gasteiger partial charge on any atom is -0.497 e. The number of carbonyl (C=O) groups excluding carboxylic acids is 1. The van der Waals surface area contributed by atoms with Crippen LogP contribution in [0.2, 0.25) is 5.02 Å². The fourth-order valence-corrected chi connectivity index (χ4v) is 4.18. The number of methoxy groups -OCH3 is 2. The van der Waals surface area contributed by atoms with Crippen molar-refractivity contribution in [1.82, 2.24) is 0 Å². The molecule has 0 spiro atoms. The molecule has 0 saturated heterocycles. The molecular weight excluding hydrogens is 404 g/mol. The van der Waals surface area contributed by atoms with Gasteiger partial charge >= 0.3 is 0 Å². The molecule has 28 heavy (non-hydrogen) atoms. The molecule has 9 heteroatoms. The maximum atomic E-state index is 13.0. The number of nitrogens with zero attached hydrogens (tertiary/aromatic N) is 1. The van der Waals surface area contributed by atoms with Gasteiger partial charge in [-0.05, 0) is 36.8 Å². The molecule has 2 aromatic rings. The zero-order valence-corrected chi connectivity index (χ0v) is 17.7. The van der Waals surface area contributed by atoms with Crippen molar-refractivity contribution in [2.24, 2.45) is 0 Å². The number of ether oxygens (including phenoxy) is 2. The SMILES string of the molecule is CCC(C(=O)Nc1ccc(OC)cc1OC)N(c1cccc(Cl)c1)S(C)(=O)=O. The molecule has 0 saturated carbocycles. The summed E-state index contributed by atoms with van der Waals surface area (Å²) in [5.41, 5.74) is 0.727. The number of anilines is 2. The Morgan fingerprint density at radius 3 is 2.43 bits per heavy atom. The number of hydrogen-bond acceptors (Lipinski definition) is 5. The first-order valence-electron chi connectivity index (χ1n) is 8.49. The maximum absolute atomic E-state index is 13.0. The predicted octanol–water partition coefficient (Wildman–Crippen LogP) is 3.54. The van der Waals surface area contributed by atoms with Gasteiger partial charge in [0.2, 0.25) is 15.9 Å². The van der Waals surface area contributed by atoms with Crippen molar-refractivity contribution in [3.63, 3.8) is 0 Å². The Bertz CT molecular complexity index is 949. The van der Waals surface area contributed by atoms with Crippen molar-refractivity contribution in [1.29, 1.82) is 0 Å². The number of sulfonamides is 1. The molecule has 0 aliphatic rings. The molecule has 0 aliphatic heterocycles. The highest BCUT2D eigenvalue weighted by atomic mass is 35.5. The van der Waals surface area contributed by atoms with Crippen LogP contribution < -0.4 is 19.1 Å². The average Bonchev–Trinajstić information content (AvgIpc) is 2.65. The fourth-order valence-electron chi connectivity index (χ4n) is 2.79. The summed E-state index contributed by atoms with van der Waals surface area (Å²) in [5, 5.41) is 3.12. The highest BCUT2D eigenvalue weighted by Crippen LogP contribution is 2.30. The molecule has 152 valence electrons. The molecular formula is C19H23ClN2O5S. The van der Waals surface area contributed by atoms with Crippen LogP contribution in [-0.2, 0) is 14.8 Å². The van der Waals surface area contributed by atoms with E-state index < -0.39 is 22.0 Å². The van der Waals surface area contributed by atoms with E-state index in [1.54, 1.807) is 43.3 Å². The lowest BCUT2D eigenvalue weighted by atomic mass is 10.1. The van der Waals surface area contributed by atoms with Gasteiger partial charge in [0, 0.05) is 11.1 Å². The zero-order valence-electron chi connectivity index (χ0n) is 16.1. The molecule has 0 bridgehead atoms. The summed E-state index contributed by atoms with van der Waals surface area (Å²) in [6.45, 7) is 1.73. The van der Waals surface area contributed by atoms with Gasteiger partial charge in [-0.2, -0.15) is 0 Å². The number of rotatable bonds is 8. The predicted molar refractivity (Wildman–Crippen MR) is 111 cm³/mol. The van der Waals surface area contributed by atoms with Crippen LogP contribution in [0.3, 0.4) is 0 Å². The second-order valence-electron chi connectivity index (χ2n) is 6.02. The van der Waals surface area contributed by atoms with E-state index in [0.29, 0.717) is 27.9 Å². The summed E-state index contributed by atoms with van der Waals surface area (Å²) < 4.78 is 36.4. The smallest absolute Gasteiger partial charge is 0.248 e. The van der Waals surface area contributed by atoms with Gasteiger partial charge in [-0.3, -0.25) is 9.10 Å². The molecule has 0 fully saturated rings. The summed E-state index contributed by atoms with van der Waals surface area (Å²) in [6, 6.07) is 10.3. The highest BCUT2D eigenvalue weighted by Gasteiger charge is 2.32. The monoisotopic (exact) mass is 426 g/mol. The van der Waals surface area contributed by atoms with Gasteiger partial charge in [-0.15, -0.1) is 0 Å². The lowest BCUT2D eigenvalue weighted by Crippen LogP contribution is -2.47. The van der Waals surface area contributed by atoms with Crippen LogP contribution in [0.4, 0.5) is 11.4 Å². The third kappa shape index (κ3) is 5.08. The van der Waals surface area contributed by atoms with Gasteiger partial charge in [0.15, 0.2) is 0 Å². The molecule has 0 heterocycles. The van der Waals surface area contributed by atoms with E-state index in [0.717, 1.165) is 10.6 Å². The van der Waals surface area contributed by atoms with E-state index in [1.807, 2.05) is 0 Å². The van der Waals surface area contributed by atoms with E-state index >= 15 is 0 Å². The molecule has 1 amide bonds. The van der Waals surface area contributed by atoms with Gasteiger partial charge in [0.1, 0.15) is 17.5 Å². The Labute approximate surface area is 170 Å². The third-order valence-electron chi connectivity index (χ3n) is 4.06. The summed E-state index contributed by atoms with van der Waals surface area (Å²) in [4.78, 5) is 13.0. The van der Waals surface area contributed by atoms with Crippen LogP contribution in [-0.4, -0.2) is 40.8 Å². The van der Waals surface area contributed by atoms with Crippen LogP contribution in [0.1, 0.15) is 13.3 Å². The van der Waals surface area contributed by atoms with E-state index in [-0.39, 0.29) is 6.42 Å². The molecule has 1 N–H and O–H groups in total. The lowest BCUT2D eigenvalue weighted by molar-refractivity contribution is -0.117. The number of hydrogen-bond donors (Lipinski definition) is 1. The fraction of sp³-hybridized carbons (Fsp3) is 0.316. The van der Waals surface area contributed by atoms with Crippen molar-refractivity contribution in [2.75, 3.05) is 30.1 Å². The molecule has 2 rings (SSSR count). The first kappa shape index (κ1) is 21.8. The molecule has 0 radical (unpaired) electrons. The summed E-state index contributed by atoms with van der Waals surface area (Å²) >= 11 is 6.01. The minimum atomic E-state index is -3.75. The molecule has 2 aromatic carbocycles. The summed E-state index contributed by atoms with van der Waals surface area (Å²) in [6.07, 6.45) is 1.31. The van der Waals surface area contributed by atoms with Crippen molar-refractivity contribution >= 4 is 38.9 Å². The first-order chi connectivity index (χ1) is 13.2. The number of halogens is 1. The van der Waals surface area contributed by atoms with Crippen LogP contribution in [0, 0.1) is 0 Å². The van der Waals surface area contributed by atoms with Gasteiger partial charge < -0.3 is 14.8 Å². The van der Waals surface area contributed by atoms with Crippen molar-refractivity contribution in [3.8, 4) is 11.5 Å². The van der Waals surface area contributed by atoms with Crippen LogP contribution in [0.25, 0.3) is 0 Å².